The third kappa shape index (κ3) is 4.53. The van der Waals surface area contributed by atoms with Crippen LogP contribution in [0.4, 0.5) is 0 Å². The molecule has 0 aromatic heterocycles. The average molecular weight is 293 g/mol. The topological polar surface area (TPSA) is 40.5 Å². The summed E-state index contributed by atoms with van der Waals surface area (Å²) in [5.74, 6) is 1.49. The molecule has 1 saturated heterocycles. The summed E-state index contributed by atoms with van der Waals surface area (Å²) in [5.41, 5.74) is 1.80. The first-order valence-corrected chi connectivity index (χ1v) is 8.25. The molecular weight excluding hydrogens is 270 g/mol. The number of aryl methyl sites for hydroxylation is 1. The van der Waals surface area contributed by atoms with Crippen molar-refractivity contribution >= 4 is 17.7 Å². The lowest BCUT2D eigenvalue weighted by molar-refractivity contribution is -0.134. The van der Waals surface area contributed by atoms with Crippen molar-refractivity contribution in [1.29, 1.82) is 0 Å². The maximum absolute atomic E-state index is 12.1. The van der Waals surface area contributed by atoms with Gasteiger partial charge in [-0.05, 0) is 32.3 Å². The van der Waals surface area contributed by atoms with E-state index in [-0.39, 0.29) is 5.91 Å². The molecule has 0 radical (unpaired) electrons. The van der Waals surface area contributed by atoms with E-state index in [1.54, 1.807) is 16.7 Å². The van der Waals surface area contributed by atoms with Gasteiger partial charge in [-0.15, -0.1) is 11.8 Å². The van der Waals surface area contributed by atoms with Crippen molar-refractivity contribution in [3.05, 3.63) is 35.4 Å². The molecule has 4 heteroatoms. The van der Waals surface area contributed by atoms with Gasteiger partial charge in [0.1, 0.15) is 0 Å². The Labute approximate surface area is 125 Å². The van der Waals surface area contributed by atoms with Crippen LogP contribution in [-0.4, -0.2) is 40.4 Å². The summed E-state index contributed by atoms with van der Waals surface area (Å²) in [5, 5.41) is 10.0. The lowest BCUT2D eigenvalue weighted by atomic mass is 9.95. The van der Waals surface area contributed by atoms with Crippen molar-refractivity contribution in [2.24, 2.45) is 0 Å². The van der Waals surface area contributed by atoms with Crippen LogP contribution < -0.4 is 0 Å². The van der Waals surface area contributed by atoms with E-state index in [9.17, 15) is 9.90 Å². The van der Waals surface area contributed by atoms with Gasteiger partial charge in [0.25, 0.3) is 0 Å². The van der Waals surface area contributed by atoms with E-state index >= 15 is 0 Å². The molecule has 1 aromatic carbocycles. The van der Waals surface area contributed by atoms with Crippen molar-refractivity contribution in [3.63, 3.8) is 0 Å². The Balaban J connectivity index is 1.78. The third-order valence-electron chi connectivity index (χ3n) is 3.60. The second kappa shape index (κ2) is 6.64. The SMILES string of the molecule is Cc1cccc(CSCC(=O)N2CCCC(C)(O)C2)c1. The summed E-state index contributed by atoms with van der Waals surface area (Å²) in [7, 11) is 0. The van der Waals surface area contributed by atoms with Crippen LogP contribution in [0.25, 0.3) is 0 Å². The number of carbonyl (C=O) groups excluding carboxylic acids is 1. The number of hydrogen-bond donors (Lipinski definition) is 1. The van der Waals surface area contributed by atoms with E-state index in [2.05, 4.69) is 31.2 Å². The van der Waals surface area contributed by atoms with Gasteiger partial charge >= 0.3 is 0 Å². The van der Waals surface area contributed by atoms with E-state index < -0.39 is 5.60 Å². The molecule has 0 saturated carbocycles. The van der Waals surface area contributed by atoms with Gasteiger partial charge in [-0.1, -0.05) is 29.8 Å². The molecule has 2 rings (SSSR count). The number of nitrogens with zero attached hydrogens (tertiary/aromatic N) is 1. The second-order valence-corrected chi connectivity index (χ2v) is 6.88. The van der Waals surface area contributed by atoms with Gasteiger partial charge in [-0.25, -0.2) is 0 Å². The molecule has 1 aromatic rings. The smallest absolute Gasteiger partial charge is 0.232 e. The Morgan fingerprint density at radius 1 is 1.50 bits per heavy atom. The van der Waals surface area contributed by atoms with Gasteiger partial charge in [0, 0.05) is 18.8 Å². The van der Waals surface area contributed by atoms with Crippen LogP contribution in [0.5, 0.6) is 0 Å². The number of benzene rings is 1. The number of piperidine rings is 1. The quantitative estimate of drug-likeness (QED) is 0.927. The summed E-state index contributed by atoms with van der Waals surface area (Å²) in [4.78, 5) is 13.9. The molecule has 110 valence electrons. The second-order valence-electron chi connectivity index (χ2n) is 5.90. The Morgan fingerprint density at radius 2 is 2.30 bits per heavy atom. The number of amides is 1. The van der Waals surface area contributed by atoms with E-state index in [4.69, 9.17) is 0 Å². The van der Waals surface area contributed by atoms with E-state index in [1.165, 1.54) is 11.1 Å². The van der Waals surface area contributed by atoms with Crippen molar-refractivity contribution in [3.8, 4) is 0 Å². The maximum Gasteiger partial charge on any atom is 0.232 e. The Hall–Kier alpha value is -1.00. The summed E-state index contributed by atoms with van der Waals surface area (Å²) in [6.45, 7) is 5.14. The molecule has 1 atom stereocenters. The van der Waals surface area contributed by atoms with Gasteiger partial charge in [-0.3, -0.25) is 4.79 Å². The zero-order valence-corrected chi connectivity index (χ0v) is 13.1. The fraction of sp³-hybridized carbons (Fsp3) is 0.562. The number of thioether (sulfide) groups is 1. The lowest BCUT2D eigenvalue weighted by Gasteiger charge is -2.36. The molecule has 1 unspecified atom stereocenters. The molecule has 1 aliphatic heterocycles. The minimum absolute atomic E-state index is 0.141. The largest absolute Gasteiger partial charge is 0.388 e. The van der Waals surface area contributed by atoms with Gasteiger partial charge in [0.05, 0.1) is 11.4 Å². The van der Waals surface area contributed by atoms with Crippen LogP contribution in [0.15, 0.2) is 24.3 Å². The van der Waals surface area contributed by atoms with Crippen LogP contribution in [0.3, 0.4) is 0 Å². The standard InChI is InChI=1S/C16H23NO2S/c1-13-5-3-6-14(9-13)10-20-11-15(18)17-8-4-7-16(2,19)12-17/h3,5-6,9,19H,4,7-8,10-12H2,1-2H3. The van der Waals surface area contributed by atoms with E-state index in [0.29, 0.717) is 12.3 Å². The summed E-state index contributed by atoms with van der Waals surface area (Å²) in [6, 6.07) is 8.38. The number of rotatable bonds is 4. The zero-order chi connectivity index (χ0) is 14.6. The van der Waals surface area contributed by atoms with E-state index in [1.807, 2.05) is 6.92 Å². The van der Waals surface area contributed by atoms with Crippen LogP contribution in [-0.2, 0) is 10.5 Å². The van der Waals surface area contributed by atoms with Gasteiger partial charge < -0.3 is 10.0 Å². The number of carbonyl (C=O) groups is 1. The highest BCUT2D eigenvalue weighted by Gasteiger charge is 2.30. The number of hydrogen-bond acceptors (Lipinski definition) is 3. The molecule has 1 amide bonds. The molecular formula is C16H23NO2S. The van der Waals surface area contributed by atoms with Crippen LogP contribution in [0, 0.1) is 6.92 Å². The zero-order valence-electron chi connectivity index (χ0n) is 12.3. The maximum atomic E-state index is 12.1. The Kier molecular flexibility index (Phi) is 5.11. The van der Waals surface area contributed by atoms with Crippen molar-refractivity contribution < 1.29 is 9.90 Å². The van der Waals surface area contributed by atoms with Crippen LogP contribution >= 0.6 is 11.8 Å². The van der Waals surface area contributed by atoms with Crippen molar-refractivity contribution in [1.82, 2.24) is 4.90 Å². The highest BCUT2D eigenvalue weighted by Crippen LogP contribution is 2.21. The molecule has 1 fully saturated rings. The van der Waals surface area contributed by atoms with Gasteiger partial charge in [0.2, 0.25) is 5.91 Å². The molecule has 20 heavy (non-hydrogen) atoms. The average Bonchev–Trinajstić information content (AvgIpc) is 2.37. The lowest BCUT2D eigenvalue weighted by Crippen LogP contribution is -2.49. The predicted octanol–water partition coefficient (Wildman–Crippen LogP) is 2.60. The van der Waals surface area contributed by atoms with Crippen molar-refractivity contribution in [2.75, 3.05) is 18.8 Å². The summed E-state index contributed by atoms with van der Waals surface area (Å²) < 4.78 is 0. The van der Waals surface area contributed by atoms with Gasteiger partial charge in [0.15, 0.2) is 0 Å². The number of β-amino-alcohol motifs (C(OH)–C–C–N with tert-alkyl or cyclic N) is 1. The molecule has 0 spiro atoms. The minimum atomic E-state index is -0.713. The third-order valence-corrected chi connectivity index (χ3v) is 4.59. The Bertz CT molecular complexity index is 473. The van der Waals surface area contributed by atoms with Crippen molar-refractivity contribution in [2.45, 2.75) is 38.0 Å². The fourth-order valence-electron chi connectivity index (χ4n) is 2.58. The molecule has 3 nitrogen and oxygen atoms in total. The van der Waals surface area contributed by atoms with Crippen LogP contribution in [0.2, 0.25) is 0 Å². The number of likely N-dealkylation sites (tertiary alicyclic amines) is 1. The first kappa shape index (κ1) is 15.4. The van der Waals surface area contributed by atoms with Crippen LogP contribution in [0.1, 0.15) is 30.9 Å². The summed E-state index contributed by atoms with van der Waals surface area (Å²) >= 11 is 1.64. The minimum Gasteiger partial charge on any atom is -0.388 e. The molecule has 1 aliphatic rings. The first-order valence-electron chi connectivity index (χ1n) is 7.10. The Morgan fingerprint density at radius 3 is 3.00 bits per heavy atom. The predicted molar refractivity (Wildman–Crippen MR) is 83.8 cm³/mol. The number of aliphatic hydroxyl groups is 1. The summed E-state index contributed by atoms with van der Waals surface area (Å²) in [6.07, 6.45) is 1.68. The molecule has 1 N–H and O–H groups in total. The van der Waals surface area contributed by atoms with Gasteiger partial charge in [-0.2, -0.15) is 0 Å². The first-order chi connectivity index (χ1) is 9.46. The monoisotopic (exact) mass is 293 g/mol. The molecule has 0 bridgehead atoms. The molecule has 1 heterocycles. The normalized spacial score (nSPS) is 22.9. The highest BCUT2D eigenvalue weighted by atomic mass is 32.2. The highest BCUT2D eigenvalue weighted by molar-refractivity contribution is 7.99. The fourth-order valence-corrected chi connectivity index (χ4v) is 3.46. The van der Waals surface area contributed by atoms with E-state index in [0.717, 1.165) is 25.1 Å². The molecule has 0 aliphatic carbocycles.